The number of likely N-dealkylation sites (tertiary alicyclic amines) is 1. The number of carbonyl (C=O) groups is 2. The van der Waals surface area contributed by atoms with E-state index in [0.29, 0.717) is 0 Å². The molecule has 28 heavy (non-hydrogen) atoms. The molecule has 0 bridgehead atoms. The standard InChI is InChI=1S/C20H22ClFN2O4/c1-11-6-4-7-12(2)24(11)16(25)10-27-20(26)17-13(3)28-23-19(17)18-14(21)8-5-9-15(18)22/h5,8-9,11-12H,4,6-7,10H2,1-3H3/t11-,12-/m0/s1. The van der Waals surface area contributed by atoms with Crippen LogP contribution in [0.1, 0.15) is 49.2 Å². The predicted octanol–water partition coefficient (Wildman–Crippen LogP) is 4.39. The first-order valence-corrected chi connectivity index (χ1v) is 9.58. The molecule has 2 aromatic rings. The minimum absolute atomic E-state index is 0.0421. The van der Waals surface area contributed by atoms with Crippen LogP contribution in [0.5, 0.6) is 0 Å². The Balaban J connectivity index is 1.79. The largest absolute Gasteiger partial charge is 0.452 e. The molecule has 1 aromatic heterocycles. The summed E-state index contributed by atoms with van der Waals surface area (Å²) >= 11 is 6.08. The second-order valence-electron chi connectivity index (χ2n) is 7.07. The molecule has 1 aliphatic rings. The molecule has 8 heteroatoms. The third kappa shape index (κ3) is 3.90. The second kappa shape index (κ2) is 8.31. The average Bonchev–Trinajstić information content (AvgIpc) is 3.00. The van der Waals surface area contributed by atoms with Gasteiger partial charge in [0.1, 0.15) is 22.8 Å². The zero-order chi connectivity index (χ0) is 20.4. The van der Waals surface area contributed by atoms with Gasteiger partial charge in [-0.1, -0.05) is 22.8 Å². The molecule has 1 aliphatic heterocycles. The van der Waals surface area contributed by atoms with Crippen molar-refractivity contribution in [1.82, 2.24) is 10.1 Å². The van der Waals surface area contributed by atoms with Crippen LogP contribution in [-0.2, 0) is 9.53 Å². The van der Waals surface area contributed by atoms with Gasteiger partial charge in [-0.25, -0.2) is 9.18 Å². The number of ether oxygens (including phenoxy) is 1. The number of hydrogen-bond acceptors (Lipinski definition) is 5. The first kappa shape index (κ1) is 20.3. The number of amides is 1. The number of piperidine rings is 1. The van der Waals surface area contributed by atoms with Crippen LogP contribution in [-0.4, -0.2) is 40.6 Å². The molecule has 0 saturated carbocycles. The second-order valence-corrected chi connectivity index (χ2v) is 7.47. The lowest BCUT2D eigenvalue weighted by Gasteiger charge is -2.38. The molecular formula is C20H22ClFN2O4. The summed E-state index contributed by atoms with van der Waals surface area (Å²) in [4.78, 5) is 27.0. The van der Waals surface area contributed by atoms with Crippen LogP contribution in [0.2, 0.25) is 5.02 Å². The fourth-order valence-electron chi connectivity index (χ4n) is 3.69. The number of esters is 1. The molecule has 2 heterocycles. The van der Waals surface area contributed by atoms with Gasteiger partial charge < -0.3 is 14.2 Å². The van der Waals surface area contributed by atoms with Crippen molar-refractivity contribution in [3.05, 3.63) is 40.4 Å². The summed E-state index contributed by atoms with van der Waals surface area (Å²) in [5.74, 6) is -1.54. The summed E-state index contributed by atoms with van der Waals surface area (Å²) in [6, 6.07) is 4.34. The number of benzene rings is 1. The van der Waals surface area contributed by atoms with E-state index >= 15 is 0 Å². The van der Waals surface area contributed by atoms with Crippen molar-refractivity contribution >= 4 is 23.5 Å². The number of rotatable bonds is 4. The monoisotopic (exact) mass is 408 g/mol. The van der Waals surface area contributed by atoms with Crippen LogP contribution in [0.4, 0.5) is 4.39 Å². The lowest BCUT2D eigenvalue weighted by Crippen LogP contribution is -2.49. The zero-order valence-corrected chi connectivity index (χ0v) is 16.8. The Morgan fingerprint density at radius 3 is 2.64 bits per heavy atom. The molecule has 2 atom stereocenters. The summed E-state index contributed by atoms with van der Waals surface area (Å²) in [7, 11) is 0. The van der Waals surface area contributed by atoms with E-state index in [2.05, 4.69) is 5.16 Å². The van der Waals surface area contributed by atoms with Gasteiger partial charge in [0.05, 0.1) is 10.6 Å². The maximum absolute atomic E-state index is 14.3. The van der Waals surface area contributed by atoms with Gasteiger partial charge in [-0.15, -0.1) is 0 Å². The summed E-state index contributed by atoms with van der Waals surface area (Å²) in [5.41, 5.74) is -0.130. The minimum atomic E-state index is -0.807. The van der Waals surface area contributed by atoms with Crippen molar-refractivity contribution in [3.8, 4) is 11.3 Å². The smallest absolute Gasteiger partial charge is 0.344 e. The molecule has 1 aromatic carbocycles. The maximum atomic E-state index is 14.3. The van der Waals surface area contributed by atoms with E-state index in [1.54, 1.807) is 4.90 Å². The molecular weight excluding hydrogens is 387 g/mol. The normalized spacial score (nSPS) is 19.5. The summed E-state index contributed by atoms with van der Waals surface area (Å²) in [6.07, 6.45) is 2.91. The van der Waals surface area contributed by atoms with Crippen molar-refractivity contribution in [2.45, 2.75) is 52.1 Å². The van der Waals surface area contributed by atoms with Crippen molar-refractivity contribution < 1.29 is 23.2 Å². The Morgan fingerprint density at radius 1 is 1.32 bits per heavy atom. The van der Waals surface area contributed by atoms with Gasteiger partial charge in [0.25, 0.3) is 5.91 Å². The number of aryl methyl sites for hydroxylation is 1. The lowest BCUT2D eigenvalue weighted by atomic mass is 9.97. The van der Waals surface area contributed by atoms with Gasteiger partial charge in [0, 0.05) is 12.1 Å². The molecule has 0 aliphatic carbocycles. The van der Waals surface area contributed by atoms with Crippen LogP contribution in [0, 0.1) is 12.7 Å². The van der Waals surface area contributed by atoms with E-state index in [1.165, 1.54) is 25.1 Å². The topological polar surface area (TPSA) is 72.6 Å². The van der Waals surface area contributed by atoms with Crippen LogP contribution in [0.25, 0.3) is 11.3 Å². The summed E-state index contributed by atoms with van der Waals surface area (Å²) in [5, 5.41) is 3.87. The van der Waals surface area contributed by atoms with E-state index < -0.39 is 18.4 Å². The van der Waals surface area contributed by atoms with Crippen LogP contribution >= 0.6 is 11.6 Å². The Labute approximate surface area is 167 Å². The van der Waals surface area contributed by atoms with Gasteiger partial charge in [0.2, 0.25) is 0 Å². The van der Waals surface area contributed by atoms with Gasteiger partial charge >= 0.3 is 5.97 Å². The van der Waals surface area contributed by atoms with Crippen molar-refractivity contribution in [2.24, 2.45) is 0 Å². The van der Waals surface area contributed by atoms with Crippen molar-refractivity contribution in [1.29, 1.82) is 0 Å². The molecule has 0 unspecified atom stereocenters. The Kier molecular flexibility index (Phi) is 6.03. The van der Waals surface area contributed by atoms with E-state index in [4.69, 9.17) is 20.9 Å². The number of aromatic nitrogens is 1. The van der Waals surface area contributed by atoms with Gasteiger partial charge in [-0.2, -0.15) is 0 Å². The predicted molar refractivity (Wildman–Crippen MR) is 102 cm³/mol. The molecule has 0 N–H and O–H groups in total. The van der Waals surface area contributed by atoms with E-state index in [0.717, 1.165) is 19.3 Å². The van der Waals surface area contributed by atoms with Gasteiger partial charge in [-0.3, -0.25) is 4.79 Å². The lowest BCUT2D eigenvalue weighted by molar-refractivity contribution is -0.140. The minimum Gasteiger partial charge on any atom is -0.452 e. The highest BCUT2D eigenvalue weighted by molar-refractivity contribution is 6.33. The Bertz CT molecular complexity index is 868. The molecule has 150 valence electrons. The molecule has 0 radical (unpaired) electrons. The van der Waals surface area contributed by atoms with E-state index in [1.807, 2.05) is 13.8 Å². The van der Waals surface area contributed by atoms with Gasteiger partial charge in [-0.05, 0) is 52.2 Å². The quantitative estimate of drug-likeness (QED) is 0.701. The highest BCUT2D eigenvalue weighted by Crippen LogP contribution is 2.33. The van der Waals surface area contributed by atoms with Crippen molar-refractivity contribution in [2.75, 3.05) is 6.61 Å². The van der Waals surface area contributed by atoms with Crippen LogP contribution in [0.3, 0.4) is 0 Å². The number of carbonyl (C=O) groups excluding carboxylic acids is 2. The molecule has 1 amide bonds. The highest BCUT2D eigenvalue weighted by Gasteiger charge is 2.31. The fraction of sp³-hybridized carbons (Fsp3) is 0.450. The summed E-state index contributed by atoms with van der Waals surface area (Å²) < 4.78 is 24.5. The SMILES string of the molecule is Cc1onc(-c2c(F)cccc2Cl)c1C(=O)OCC(=O)N1[C@@H](C)CCC[C@@H]1C. The van der Waals surface area contributed by atoms with E-state index in [-0.39, 0.29) is 45.6 Å². The maximum Gasteiger partial charge on any atom is 0.344 e. The summed E-state index contributed by atoms with van der Waals surface area (Å²) in [6.45, 7) is 5.08. The number of nitrogens with zero attached hydrogens (tertiary/aromatic N) is 2. The number of halogens is 2. The van der Waals surface area contributed by atoms with Crippen molar-refractivity contribution in [3.63, 3.8) is 0 Å². The molecule has 1 saturated heterocycles. The molecule has 1 fully saturated rings. The van der Waals surface area contributed by atoms with Crippen LogP contribution < -0.4 is 0 Å². The van der Waals surface area contributed by atoms with E-state index in [9.17, 15) is 14.0 Å². The molecule has 6 nitrogen and oxygen atoms in total. The van der Waals surface area contributed by atoms with Crippen LogP contribution in [0.15, 0.2) is 22.7 Å². The Morgan fingerprint density at radius 2 is 2.00 bits per heavy atom. The molecule has 0 spiro atoms. The highest BCUT2D eigenvalue weighted by atomic mass is 35.5. The first-order chi connectivity index (χ1) is 13.3. The third-order valence-electron chi connectivity index (χ3n) is 5.07. The Hall–Kier alpha value is -2.41. The number of hydrogen-bond donors (Lipinski definition) is 0. The third-order valence-corrected chi connectivity index (χ3v) is 5.39. The molecule has 3 rings (SSSR count). The average molecular weight is 409 g/mol. The van der Waals surface area contributed by atoms with Gasteiger partial charge in [0.15, 0.2) is 6.61 Å². The first-order valence-electron chi connectivity index (χ1n) is 9.20. The zero-order valence-electron chi connectivity index (χ0n) is 16.0. The fourth-order valence-corrected chi connectivity index (χ4v) is 3.95.